The van der Waals surface area contributed by atoms with E-state index >= 15 is 0 Å². The van der Waals surface area contributed by atoms with Crippen LogP contribution in [-0.2, 0) is 6.42 Å². The maximum atomic E-state index is 12.3. The smallest absolute Gasteiger partial charge is 0.185 e. The van der Waals surface area contributed by atoms with E-state index in [2.05, 4.69) is 0 Å². The number of carbonyl (C=O) groups excluding carboxylic acids is 1. The molecule has 23 heavy (non-hydrogen) atoms. The van der Waals surface area contributed by atoms with E-state index in [1.807, 2.05) is 19.9 Å². The molecule has 2 aromatic carbocycles. The summed E-state index contributed by atoms with van der Waals surface area (Å²) in [5.74, 6) is 0.205. The average Bonchev–Trinajstić information content (AvgIpc) is 2.51. The number of phenolic OH excluding ortho intramolecular Hbond substituents is 2. The predicted octanol–water partition coefficient (Wildman–Crippen LogP) is 4.50. The van der Waals surface area contributed by atoms with Crippen LogP contribution < -0.4 is 0 Å². The van der Waals surface area contributed by atoms with E-state index in [1.165, 1.54) is 6.08 Å². The van der Waals surface area contributed by atoms with Crippen molar-refractivity contribution in [3.8, 4) is 11.5 Å². The van der Waals surface area contributed by atoms with Gasteiger partial charge >= 0.3 is 0 Å². The van der Waals surface area contributed by atoms with E-state index in [1.54, 1.807) is 48.5 Å². The molecule has 0 aliphatic rings. The zero-order valence-corrected chi connectivity index (χ0v) is 13.3. The van der Waals surface area contributed by atoms with Gasteiger partial charge in [-0.2, -0.15) is 0 Å². The summed E-state index contributed by atoms with van der Waals surface area (Å²) in [5.41, 5.74) is 3.16. The van der Waals surface area contributed by atoms with Crippen molar-refractivity contribution in [2.24, 2.45) is 0 Å². The second-order valence-electron chi connectivity index (χ2n) is 5.62. The van der Waals surface area contributed by atoms with Gasteiger partial charge in [-0.1, -0.05) is 29.9 Å². The third-order valence-electron chi connectivity index (χ3n) is 3.39. The molecule has 0 spiro atoms. The van der Waals surface area contributed by atoms with Gasteiger partial charge in [0.2, 0.25) is 0 Å². The predicted molar refractivity (Wildman–Crippen MR) is 92.7 cm³/mol. The van der Waals surface area contributed by atoms with Crippen LogP contribution in [0.1, 0.15) is 35.3 Å². The van der Waals surface area contributed by atoms with Gasteiger partial charge in [0.15, 0.2) is 5.78 Å². The minimum Gasteiger partial charge on any atom is -0.508 e. The molecular formula is C20H20O3. The van der Waals surface area contributed by atoms with Crippen molar-refractivity contribution in [2.45, 2.75) is 20.3 Å². The molecule has 0 atom stereocenters. The summed E-state index contributed by atoms with van der Waals surface area (Å²) in [6.45, 7) is 3.98. The number of ketones is 1. The molecule has 2 N–H and O–H groups in total. The standard InChI is InChI=1S/C20H20O3/c1-14(2)6-8-16-13-17(9-11-20(16)23)19(22)10-7-15-4-3-5-18(21)12-15/h3-7,9-13,21,23H,8H2,1-2H3/b10-7+. The topological polar surface area (TPSA) is 57.5 Å². The van der Waals surface area contributed by atoms with Crippen molar-refractivity contribution in [1.29, 1.82) is 0 Å². The molecular weight excluding hydrogens is 288 g/mol. The normalized spacial score (nSPS) is 10.7. The first-order valence-electron chi connectivity index (χ1n) is 7.42. The number of aromatic hydroxyl groups is 2. The summed E-state index contributed by atoms with van der Waals surface area (Å²) in [6.07, 6.45) is 5.72. The number of hydrogen-bond donors (Lipinski definition) is 2. The molecule has 0 saturated carbocycles. The van der Waals surface area contributed by atoms with E-state index in [0.717, 1.165) is 16.7 Å². The van der Waals surface area contributed by atoms with Crippen molar-refractivity contribution in [1.82, 2.24) is 0 Å². The highest BCUT2D eigenvalue weighted by Gasteiger charge is 2.06. The van der Waals surface area contributed by atoms with Gasteiger partial charge in [0, 0.05) is 5.56 Å². The summed E-state index contributed by atoms with van der Waals surface area (Å²) in [4.78, 5) is 12.3. The molecule has 118 valence electrons. The highest BCUT2D eigenvalue weighted by molar-refractivity contribution is 6.07. The molecule has 0 saturated heterocycles. The SMILES string of the molecule is CC(C)=CCc1cc(C(=O)/C=C/c2cccc(O)c2)ccc1O. The van der Waals surface area contributed by atoms with Gasteiger partial charge in [-0.15, -0.1) is 0 Å². The van der Waals surface area contributed by atoms with Gasteiger partial charge < -0.3 is 10.2 Å². The highest BCUT2D eigenvalue weighted by Crippen LogP contribution is 2.21. The Morgan fingerprint density at radius 1 is 1.09 bits per heavy atom. The molecule has 0 aromatic heterocycles. The molecule has 0 aliphatic heterocycles. The summed E-state index contributed by atoms with van der Waals surface area (Å²) in [7, 11) is 0. The van der Waals surface area contributed by atoms with Gasteiger partial charge in [-0.3, -0.25) is 4.79 Å². The molecule has 3 nitrogen and oxygen atoms in total. The lowest BCUT2D eigenvalue weighted by Crippen LogP contribution is -1.96. The fraction of sp³-hybridized carbons (Fsp3) is 0.150. The minimum absolute atomic E-state index is 0.146. The van der Waals surface area contributed by atoms with E-state index < -0.39 is 0 Å². The number of rotatable bonds is 5. The second kappa shape index (κ2) is 7.45. The van der Waals surface area contributed by atoms with Crippen LogP contribution in [0, 0.1) is 0 Å². The molecule has 0 heterocycles. The lowest BCUT2D eigenvalue weighted by atomic mass is 10.0. The van der Waals surface area contributed by atoms with E-state index in [9.17, 15) is 15.0 Å². The zero-order chi connectivity index (χ0) is 16.8. The lowest BCUT2D eigenvalue weighted by molar-refractivity contribution is 0.104. The number of hydrogen-bond acceptors (Lipinski definition) is 3. The quantitative estimate of drug-likeness (QED) is 0.485. The molecule has 0 aliphatic carbocycles. The second-order valence-corrected chi connectivity index (χ2v) is 5.62. The zero-order valence-electron chi connectivity index (χ0n) is 13.3. The van der Waals surface area contributed by atoms with Crippen LogP contribution in [0.2, 0.25) is 0 Å². The number of phenols is 2. The van der Waals surface area contributed by atoms with Crippen LogP contribution >= 0.6 is 0 Å². The Morgan fingerprint density at radius 2 is 1.87 bits per heavy atom. The van der Waals surface area contributed by atoms with E-state index in [-0.39, 0.29) is 17.3 Å². The van der Waals surface area contributed by atoms with Crippen LogP contribution in [-0.4, -0.2) is 16.0 Å². The first kappa shape index (κ1) is 16.6. The van der Waals surface area contributed by atoms with Crippen LogP contribution in [0.3, 0.4) is 0 Å². The summed E-state index contributed by atoms with van der Waals surface area (Å²) in [6, 6.07) is 11.6. The minimum atomic E-state index is -0.146. The van der Waals surface area contributed by atoms with Gasteiger partial charge in [-0.05, 0) is 67.8 Å². The van der Waals surface area contributed by atoms with Gasteiger partial charge in [-0.25, -0.2) is 0 Å². The maximum Gasteiger partial charge on any atom is 0.185 e. The van der Waals surface area contributed by atoms with Crippen LogP contribution in [0.5, 0.6) is 11.5 Å². The third-order valence-corrected chi connectivity index (χ3v) is 3.39. The van der Waals surface area contributed by atoms with Gasteiger partial charge in [0.25, 0.3) is 0 Å². The Hall–Kier alpha value is -2.81. The van der Waals surface area contributed by atoms with Gasteiger partial charge in [0.1, 0.15) is 11.5 Å². The van der Waals surface area contributed by atoms with Crippen LogP contribution in [0.15, 0.2) is 60.2 Å². The van der Waals surface area contributed by atoms with E-state index in [0.29, 0.717) is 12.0 Å². The molecule has 0 fully saturated rings. The molecule has 0 amide bonds. The Balaban J connectivity index is 2.19. The highest BCUT2D eigenvalue weighted by atomic mass is 16.3. The maximum absolute atomic E-state index is 12.3. The summed E-state index contributed by atoms with van der Waals surface area (Å²) >= 11 is 0. The largest absolute Gasteiger partial charge is 0.508 e. The fourth-order valence-electron chi connectivity index (χ4n) is 2.11. The molecule has 2 rings (SSSR count). The number of allylic oxidation sites excluding steroid dienone is 3. The van der Waals surface area contributed by atoms with Crippen molar-refractivity contribution in [3.63, 3.8) is 0 Å². The van der Waals surface area contributed by atoms with Crippen molar-refractivity contribution >= 4 is 11.9 Å². The van der Waals surface area contributed by atoms with Crippen molar-refractivity contribution < 1.29 is 15.0 Å². The monoisotopic (exact) mass is 308 g/mol. The molecule has 0 radical (unpaired) electrons. The molecule has 3 heteroatoms. The fourth-order valence-corrected chi connectivity index (χ4v) is 2.11. The Labute approximate surface area is 136 Å². The molecule has 2 aromatic rings. The Kier molecular flexibility index (Phi) is 5.36. The average molecular weight is 308 g/mol. The summed E-state index contributed by atoms with van der Waals surface area (Å²) < 4.78 is 0. The first-order chi connectivity index (χ1) is 11.0. The van der Waals surface area contributed by atoms with Crippen LogP contribution in [0.25, 0.3) is 6.08 Å². The number of carbonyl (C=O) groups is 1. The third kappa shape index (κ3) is 4.85. The van der Waals surface area contributed by atoms with Crippen molar-refractivity contribution in [2.75, 3.05) is 0 Å². The van der Waals surface area contributed by atoms with Crippen LogP contribution in [0.4, 0.5) is 0 Å². The van der Waals surface area contributed by atoms with E-state index in [4.69, 9.17) is 0 Å². The van der Waals surface area contributed by atoms with Gasteiger partial charge in [0.05, 0.1) is 0 Å². The number of benzene rings is 2. The molecule has 0 bridgehead atoms. The Morgan fingerprint density at radius 3 is 2.57 bits per heavy atom. The summed E-state index contributed by atoms with van der Waals surface area (Å²) in [5, 5.41) is 19.3. The molecule has 0 unspecified atom stereocenters. The lowest BCUT2D eigenvalue weighted by Gasteiger charge is -2.04. The van der Waals surface area contributed by atoms with Crippen molar-refractivity contribution in [3.05, 3.63) is 76.9 Å². The first-order valence-corrected chi connectivity index (χ1v) is 7.42. The Bertz CT molecular complexity index is 766.